The maximum atomic E-state index is 3.66. The van der Waals surface area contributed by atoms with Gasteiger partial charge in [-0.1, -0.05) is 34.1 Å². The van der Waals surface area contributed by atoms with Gasteiger partial charge in [0.05, 0.1) is 4.95 Å². The lowest BCUT2D eigenvalue weighted by molar-refractivity contribution is 0.399. The Labute approximate surface area is 92.0 Å². The molecule has 1 N–H and O–H groups in total. The van der Waals surface area contributed by atoms with Gasteiger partial charge in [0.15, 0.2) is 0 Å². The van der Waals surface area contributed by atoms with E-state index in [4.69, 9.17) is 0 Å². The molecule has 1 aromatic heterocycles. The van der Waals surface area contributed by atoms with Gasteiger partial charge in [-0.05, 0) is 20.2 Å². The van der Waals surface area contributed by atoms with Crippen molar-refractivity contribution in [3.05, 3.63) is 36.0 Å². The number of hydrogen-bond acceptors (Lipinski definition) is 1. The van der Waals surface area contributed by atoms with E-state index in [-0.39, 0.29) is 4.95 Å². The second-order valence-corrected chi connectivity index (χ2v) is 4.46. The van der Waals surface area contributed by atoms with Crippen molar-refractivity contribution in [3.63, 3.8) is 0 Å². The summed E-state index contributed by atoms with van der Waals surface area (Å²) in [6.45, 7) is 0. The number of nitrogens with one attached hydrogen (secondary N) is 1. The van der Waals surface area contributed by atoms with Crippen LogP contribution in [-0.2, 0) is 0 Å². The molecule has 1 aromatic carbocycles. The first kappa shape index (κ1) is 9.74. The molecule has 0 bridgehead atoms. The topological polar surface area (TPSA) is 19.0 Å². The summed E-state index contributed by atoms with van der Waals surface area (Å²) >= 11 is 3.66. The summed E-state index contributed by atoms with van der Waals surface area (Å²) < 4.78 is 0. The van der Waals surface area contributed by atoms with Crippen molar-refractivity contribution in [1.82, 2.24) is 9.88 Å². The Morgan fingerprint density at radius 2 is 2.00 bits per heavy atom. The van der Waals surface area contributed by atoms with E-state index in [0.717, 1.165) is 0 Å². The number of halogens is 1. The lowest BCUT2D eigenvalue weighted by atomic mass is 10.2. The maximum Gasteiger partial charge on any atom is 0.0927 e. The van der Waals surface area contributed by atoms with Crippen LogP contribution in [0.1, 0.15) is 10.5 Å². The quantitative estimate of drug-likeness (QED) is 0.643. The SMILES string of the molecule is CN(C)C(Br)c1c[nH]c2ccccc12. The number of hydrogen-bond donors (Lipinski definition) is 1. The summed E-state index contributed by atoms with van der Waals surface area (Å²) in [5.41, 5.74) is 2.47. The van der Waals surface area contributed by atoms with Crippen molar-refractivity contribution in [1.29, 1.82) is 0 Å². The van der Waals surface area contributed by atoms with Gasteiger partial charge in [0, 0.05) is 22.7 Å². The van der Waals surface area contributed by atoms with Crippen molar-refractivity contribution in [3.8, 4) is 0 Å². The molecule has 0 radical (unpaired) electrons. The van der Waals surface area contributed by atoms with E-state index in [0.29, 0.717) is 0 Å². The molecule has 2 nitrogen and oxygen atoms in total. The van der Waals surface area contributed by atoms with E-state index in [1.54, 1.807) is 0 Å². The molecule has 1 unspecified atom stereocenters. The number of H-pyrrole nitrogens is 1. The summed E-state index contributed by atoms with van der Waals surface area (Å²) in [5.74, 6) is 0. The minimum Gasteiger partial charge on any atom is -0.361 e. The Morgan fingerprint density at radius 1 is 1.29 bits per heavy atom. The highest BCUT2D eigenvalue weighted by molar-refractivity contribution is 9.09. The lowest BCUT2D eigenvalue weighted by Gasteiger charge is -2.17. The van der Waals surface area contributed by atoms with Crippen LogP contribution in [0.4, 0.5) is 0 Å². The number of benzene rings is 1. The molecule has 2 aromatic rings. The molecule has 0 aliphatic heterocycles. The summed E-state index contributed by atoms with van der Waals surface area (Å²) in [6.07, 6.45) is 2.06. The molecule has 0 saturated carbocycles. The summed E-state index contributed by atoms with van der Waals surface area (Å²) in [4.78, 5) is 5.66. The Kier molecular flexibility index (Phi) is 2.61. The minimum atomic E-state index is 0.263. The summed E-state index contributed by atoms with van der Waals surface area (Å²) in [6, 6.07) is 8.34. The maximum absolute atomic E-state index is 3.66. The second-order valence-electron chi connectivity index (χ2n) is 3.59. The van der Waals surface area contributed by atoms with Crippen molar-refractivity contribution >= 4 is 26.8 Å². The summed E-state index contributed by atoms with van der Waals surface area (Å²) in [5, 5.41) is 1.28. The van der Waals surface area contributed by atoms with Gasteiger partial charge in [0.25, 0.3) is 0 Å². The highest BCUT2D eigenvalue weighted by Crippen LogP contribution is 2.30. The van der Waals surface area contributed by atoms with E-state index >= 15 is 0 Å². The average Bonchev–Trinajstić information content (AvgIpc) is 2.60. The van der Waals surface area contributed by atoms with Gasteiger partial charge in [-0.2, -0.15) is 0 Å². The van der Waals surface area contributed by atoms with Gasteiger partial charge in [-0.3, -0.25) is 4.90 Å². The molecular weight excluding hydrogens is 240 g/mol. The summed E-state index contributed by atoms with van der Waals surface area (Å²) in [7, 11) is 4.11. The minimum absolute atomic E-state index is 0.263. The molecular formula is C11H13BrN2. The molecule has 0 amide bonds. The van der Waals surface area contributed by atoms with Gasteiger partial charge in [0.1, 0.15) is 0 Å². The van der Waals surface area contributed by atoms with E-state index in [1.165, 1.54) is 16.5 Å². The van der Waals surface area contributed by atoms with E-state index < -0.39 is 0 Å². The van der Waals surface area contributed by atoms with Crippen molar-refractivity contribution in [2.45, 2.75) is 4.95 Å². The Bertz CT molecular complexity index is 434. The first-order chi connectivity index (χ1) is 6.70. The van der Waals surface area contributed by atoms with E-state index in [1.807, 2.05) is 6.07 Å². The van der Waals surface area contributed by atoms with Crippen LogP contribution in [0.2, 0.25) is 0 Å². The Hall–Kier alpha value is -0.800. The third-order valence-electron chi connectivity index (χ3n) is 2.33. The highest BCUT2D eigenvalue weighted by atomic mass is 79.9. The largest absolute Gasteiger partial charge is 0.361 e. The van der Waals surface area contributed by atoms with Crippen LogP contribution in [-0.4, -0.2) is 24.0 Å². The van der Waals surface area contributed by atoms with Crippen LogP contribution < -0.4 is 0 Å². The molecule has 0 spiro atoms. The highest BCUT2D eigenvalue weighted by Gasteiger charge is 2.13. The van der Waals surface area contributed by atoms with Gasteiger partial charge in [-0.15, -0.1) is 0 Å². The molecule has 1 atom stereocenters. The normalized spacial score (nSPS) is 13.7. The van der Waals surface area contributed by atoms with Crippen molar-refractivity contribution in [2.24, 2.45) is 0 Å². The van der Waals surface area contributed by atoms with Crippen LogP contribution in [0.3, 0.4) is 0 Å². The molecule has 14 heavy (non-hydrogen) atoms. The Balaban J connectivity index is 2.53. The smallest absolute Gasteiger partial charge is 0.0927 e. The van der Waals surface area contributed by atoms with Gasteiger partial charge < -0.3 is 4.98 Å². The third-order valence-corrected chi connectivity index (χ3v) is 3.64. The standard InChI is InChI=1S/C11H13BrN2/c1-14(2)11(12)9-7-13-10-6-4-3-5-8(9)10/h3-7,11,13H,1-2H3. The van der Waals surface area contributed by atoms with Crippen LogP contribution in [0, 0.1) is 0 Å². The molecule has 2 rings (SSSR count). The number of rotatable bonds is 2. The first-order valence-electron chi connectivity index (χ1n) is 4.56. The Morgan fingerprint density at radius 3 is 2.71 bits per heavy atom. The lowest BCUT2D eigenvalue weighted by Crippen LogP contribution is -2.13. The molecule has 0 saturated heterocycles. The third kappa shape index (κ3) is 1.57. The predicted molar refractivity (Wildman–Crippen MR) is 63.7 cm³/mol. The number of nitrogens with zero attached hydrogens (tertiary/aromatic N) is 1. The van der Waals surface area contributed by atoms with Gasteiger partial charge in [-0.25, -0.2) is 0 Å². The molecule has 3 heteroatoms. The van der Waals surface area contributed by atoms with Crippen molar-refractivity contribution < 1.29 is 0 Å². The first-order valence-corrected chi connectivity index (χ1v) is 5.48. The number of alkyl halides is 1. The molecule has 0 aliphatic carbocycles. The zero-order chi connectivity index (χ0) is 10.1. The zero-order valence-electron chi connectivity index (χ0n) is 8.29. The van der Waals surface area contributed by atoms with E-state index in [9.17, 15) is 0 Å². The van der Waals surface area contributed by atoms with E-state index in [2.05, 4.69) is 64.3 Å². The molecule has 0 aliphatic rings. The number of fused-ring (bicyclic) bond motifs is 1. The number of para-hydroxylation sites is 1. The van der Waals surface area contributed by atoms with Crippen LogP contribution in [0.15, 0.2) is 30.5 Å². The van der Waals surface area contributed by atoms with Crippen LogP contribution in [0.5, 0.6) is 0 Å². The van der Waals surface area contributed by atoms with Crippen LogP contribution >= 0.6 is 15.9 Å². The fourth-order valence-electron chi connectivity index (χ4n) is 1.57. The zero-order valence-corrected chi connectivity index (χ0v) is 9.88. The predicted octanol–water partition coefficient (Wildman–Crippen LogP) is 3.12. The molecule has 0 fully saturated rings. The fraction of sp³-hybridized carbons (Fsp3) is 0.273. The average molecular weight is 253 g/mol. The van der Waals surface area contributed by atoms with Gasteiger partial charge in [0.2, 0.25) is 0 Å². The fourth-order valence-corrected chi connectivity index (χ4v) is 1.95. The van der Waals surface area contributed by atoms with Crippen molar-refractivity contribution in [2.75, 3.05) is 14.1 Å². The van der Waals surface area contributed by atoms with Crippen LogP contribution in [0.25, 0.3) is 10.9 Å². The number of aromatic nitrogens is 1. The monoisotopic (exact) mass is 252 g/mol. The second kappa shape index (κ2) is 3.75. The molecule has 74 valence electrons. The number of aromatic amines is 1. The molecule has 1 heterocycles. The van der Waals surface area contributed by atoms with Gasteiger partial charge >= 0.3 is 0 Å².